The van der Waals surface area contributed by atoms with Gasteiger partial charge in [-0.05, 0) is 43.9 Å². The number of nitrogens with one attached hydrogen (secondary N) is 1. The van der Waals surface area contributed by atoms with E-state index < -0.39 is 0 Å². The fraction of sp³-hybridized carbons (Fsp3) is 0.350. The number of carbonyl (C=O) groups excluding carboxylic acids is 1. The van der Waals surface area contributed by atoms with Gasteiger partial charge >= 0.3 is 0 Å². The molecule has 3 N–H and O–H groups in total. The predicted molar refractivity (Wildman–Crippen MR) is 95.2 cm³/mol. The number of rotatable bonds is 6. The van der Waals surface area contributed by atoms with E-state index in [-0.39, 0.29) is 18.0 Å². The summed E-state index contributed by atoms with van der Waals surface area (Å²) < 4.78 is 0. The van der Waals surface area contributed by atoms with Crippen LogP contribution in [0, 0.1) is 13.8 Å². The van der Waals surface area contributed by atoms with Gasteiger partial charge in [0.15, 0.2) is 0 Å². The van der Waals surface area contributed by atoms with Gasteiger partial charge in [-0.15, -0.1) is 0 Å². The Morgan fingerprint density at radius 2 is 1.83 bits per heavy atom. The van der Waals surface area contributed by atoms with Gasteiger partial charge in [0.05, 0.1) is 0 Å². The minimum absolute atomic E-state index is 0.00128. The van der Waals surface area contributed by atoms with Crippen LogP contribution in [0.2, 0.25) is 0 Å². The van der Waals surface area contributed by atoms with Crippen molar-refractivity contribution in [3.8, 4) is 0 Å². The highest BCUT2D eigenvalue weighted by Crippen LogP contribution is 2.15. The zero-order valence-electron chi connectivity index (χ0n) is 14.2. The number of benzene rings is 2. The van der Waals surface area contributed by atoms with Gasteiger partial charge in [0, 0.05) is 18.5 Å². The lowest BCUT2D eigenvalue weighted by Crippen LogP contribution is -2.36. The van der Waals surface area contributed by atoms with Crippen LogP contribution >= 0.6 is 0 Å². The third kappa shape index (κ3) is 5.22. The fourth-order valence-corrected chi connectivity index (χ4v) is 2.81. The second-order valence-electron chi connectivity index (χ2n) is 6.32. The van der Waals surface area contributed by atoms with Crippen LogP contribution in [-0.4, -0.2) is 11.9 Å². The Bertz CT molecular complexity index is 652. The molecule has 0 bridgehead atoms. The van der Waals surface area contributed by atoms with Crippen molar-refractivity contribution in [2.45, 2.75) is 45.7 Å². The molecule has 2 atom stereocenters. The van der Waals surface area contributed by atoms with E-state index in [0.717, 1.165) is 12.0 Å². The van der Waals surface area contributed by atoms with Gasteiger partial charge in [0.2, 0.25) is 5.91 Å². The predicted octanol–water partition coefficient (Wildman–Crippen LogP) is 3.44. The SMILES string of the molecule is Cc1ccc(CC(C)NC(=O)CC(N)c2ccccc2)c(C)c1. The summed E-state index contributed by atoms with van der Waals surface area (Å²) in [6.07, 6.45) is 1.14. The Morgan fingerprint density at radius 1 is 1.13 bits per heavy atom. The first-order valence-corrected chi connectivity index (χ1v) is 8.11. The van der Waals surface area contributed by atoms with Gasteiger partial charge in [-0.25, -0.2) is 0 Å². The summed E-state index contributed by atoms with van der Waals surface area (Å²) in [4.78, 5) is 12.2. The lowest BCUT2D eigenvalue weighted by Gasteiger charge is -2.18. The highest BCUT2D eigenvalue weighted by Gasteiger charge is 2.14. The smallest absolute Gasteiger partial charge is 0.222 e. The second-order valence-corrected chi connectivity index (χ2v) is 6.32. The van der Waals surface area contributed by atoms with Crippen LogP contribution in [0.25, 0.3) is 0 Å². The van der Waals surface area contributed by atoms with Gasteiger partial charge in [0.25, 0.3) is 0 Å². The number of hydrogen-bond donors (Lipinski definition) is 2. The molecule has 0 aliphatic rings. The van der Waals surface area contributed by atoms with Crippen LogP contribution in [0.15, 0.2) is 48.5 Å². The molecule has 1 amide bonds. The van der Waals surface area contributed by atoms with Crippen LogP contribution in [0.3, 0.4) is 0 Å². The van der Waals surface area contributed by atoms with E-state index in [1.54, 1.807) is 0 Å². The maximum atomic E-state index is 12.2. The van der Waals surface area contributed by atoms with Crippen molar-refractivity contribution in [1.29, 1.82) is 0 Å². The minimum Gasteiger partial charge on any atom is -0.353 e. The van der Waals surface area contributed by atoms with Gasteiger partial charge in [-0.1, -0.05) is 54.1 Å². The molecule has 0 aliphatic carbocycles. The summed E-state index contributed by atoms with van der Waals surface area (Å²) in [7, 11) is 0. The monoisotopic (exact) mass is 310 g/mol. The summed E-state index contributed by atoms with van der Waals surface area (Å²) in [5.41, 5.74) is 10.9. The molecular weight excluding hydrogens is 284 g/mol. The zero-order valence-corrected chi connectivity index (χ0v) is 14.2. The van der Waals surface area contributed by atoms with E-state index in [2.05, 4.69) is 37.4 Å². The maximum Gasteiger partial charge on any atom is 0.222 e. The molecular formula is C20H26N2O. The fourth-order valence-electron chi connectivity index (χ4n) is 2.81. The van der Waals surface area contributed by atoms with Gasteiger partial charge in [-0.2, -0.15) is 0 Å². The third-order valence-corrected chi connectivity index (χ3v) is 4.06. The number of nitrogens with two attached hydrogens (primary N) is 1. The van der Waals surface area contributed by atoms with Crippen molar-refractivity contribution in [3.63, 3.8) is 0 Å². The van der Waals surface area contributed by atoms with Crippen molar-refractivity contribution in [3.05, 3.63) is 70.8 Å². The number of aryl methyl sites for hydroxylation is 2. The number of amides is 1. The van der Waals surface area contributed by atoms with Gasteiger partial charge < -0.3 is 11.1 Å². The Labute approximate surface area is 138 Å². The van der Waals surface area contributed by atoms with Crippen molar-refractivity contribution in [1.82, 2.24) is 5.32 Å². The molecule has 0 saturated heterocycles. The van der Waals surface area contributed by atoms with Crippen LogP contribution in [0.1, 0.15) is 41.6 Å². The van der Waals surface area contributed by atoms with E-state index >= 15 is 0 Å². The molecule has 3 heteroatoms. The lowest BCUT2D eigenvalue weighted by atomic mass is 9.99. The average Bonchev–Trinajstić information content (AvgIpc) is 2.50. The Morgan fingerprint density at radius 3 is 2.48 bits per heavy atom. The molecule has 0 heterocycles. The molecule has 2 rings (SSSR count). The first-order valence-electron chi connectivity index (χ1n) is 8.11. The molecule has 0 radical (unpaired) electrons. The standard InChI is InChI=1S/C20H26N2O/c1-14-9-10-18(15(2)11-14)12-16(3)22-20(23)13-19(21)17-7-5-4-6-8-17/h4-11,16,19H,12-13,21H2,1-3H3,(H,22,23). The first kappa shape index (κ1) is 17.2. The summed E-state index contributed by atoms with van der Waals surface area (Å²) in [5, 5.41) is 3.05. The number of carbonyl (C=O) groups is 1. The van der Waals surface area contributed by atoms with E-state index in [1.165, 1.54) is 16.7 Å². The Balaban J connectivity index is 1.87. The molecule has 122 valence electrons. The van der Waals surface area contributed by atoms with Gasteiger partial charge in [-0.3, -0.25) is 4.79 Å². The average molecular weight is 310 g/mol. The molecule has 0 spiro atoms. The van der Waals surface area contributed by atoms with Crippen molar-refractivity contribution in [2.75, 3.05) is 0 Å². The topological polar surface area (TPSA) is 55.1 Å². The van der Waals surface area contributed by atoms with E-state index in [1.807, 2.05) is 37.3 Å². The second kappa shape index (κ2) is 7.93. The van der Waals surface area contributed by atoms with Crippen molar-refractivity contribution >= 4 is 5.91 Å². The lowest BCUT2D eigenvalue weighted by molar-refractivity contribution is -0.122. The van der Waals surface area contributed by atoms with Crippen molar-refractivity contribution < 1.29 is 4.79 Å². The third-order valence-electron chi connectivity index (χ3n) is 4.06. The number of hydrogen-bond acceptors (Lipinski definition) is 2. The van der Waals surface area contributed by atoms with Crippen LogP contribution in [0.5, 0.6) is 0 Å². The normalized spacial score (nSPS) is 13.4. The van der Waals surface area contributed by atoms with Crippen molar-refractivity contribution in [2.24, 2.45) is 5.73 Å². The molecule has 23 heavy (non-hydrogen) atoms. The van der Waals surface area contributed by atoms with Crippen LogP contribution < -0.4 is 11.1 Å². The Kier molecular flexibility index (Phi) is 5.94. The van der Waals surface area contributed by atoms with Crippen LogP contribution in [-0.2, 0) is 11.2 Å². The van der Waals surface area contributed by atoms with Crippen LogP contribution in [0.4, 0.5) is 0 Å². The molecule has 0 aromatic heterocycles. The quantitative estimate of drug-likeness (QED) is 0.858. The summed E-state index contributed by atoms with van der Waals surface area (Å²) in [5.74, 6) is -0.00128. The molecule has 2 unspecified atom stereocenters. The molecule has 3 nitrogen and oxygen atoms in total. The highest BCUT2D eigenvalue weighted by molar-refractivity contribution is 5.77. The maximum absolute atomic E-state index is 12.2. The van der Waals surface area contributed by atoms with Gasteiger partial charge in [0.1, 0.15) is 0 Å². The molecule has 0 fully saturated rings. The summed E-state index contributed by atoms with van der Waals surface area (Å²) in [6, 6.07) is 16.0. The molecule has 2 aromatic rings. The zero-order chi connectivity index (χ0) is 16.8. The largest absolute Gasteiger partial charge is 0.353 e. The Hall–Kier alpha value is -2.13. The molecule has 0 saturated carbocycles. The first-order chi connectivity index (χ1) is 11.0. The molecule has 2 aromatic carbocycles. The minimum atomic E-state index is -0.260. The molecule has 0 aliphatic heterocycles. The summed E-state index contributed by atoms with van der Waals surface area (Å²) in [6.45, 7) is 6.24. The van der Waals surface area contributed by atoms with E-state index in [0.29, 0.717) is 6.42 Å². The highest BCUT2D eigenvalue weighted by atomic mass is 16.1. The summed E-state index contributed by atoms with van der Waals surface area (Å²) >= 11 is 0. The van der Waals surface area contributed by atoms with E-state index in [9.17, 15) is 4.79 Å². The van der Waals surface area contributed by atoms with E-state index in [4.69, 9.17) is 5.73 Å².